The number of aliphatic hydroxyl groups excluding tert-OH is 3. The number of hydrogen-bond acceptors (Lipinski definition) is 4. The highest BCUT2D eigenvalue weighted by Gasteiger charge is 2.15. The highest BCUT2D eigenvalue weighted by atomic mass is 16.3. The number of rotatable bonds is 6. The van der Waals surface area contributed by atoms with E-state index in [1.165, 1.54) is 0 Å². The summed E-state index contributed by atoms with van der Waals surface area (Å²) in [6, 6.07) is 15.5. The van der Waals surface area contributed by atoms with Crippen LogP contribution in [0.25, 0.3) is 11.1 Å². The van der Waals surface area contributed by atoms with Gasteiger partial charge in [-0.05, 0) is 35.7 Å². The fraction of sp³-hybridized carbons (Fsp3) is 0.261. The van der Waals surface area contributed by atoms with Gasteiger partial charge in [0.05, 0.1) is 12.6 Å². The lowest BCUT2D eigenvalue weighted by molar-refractivity contribution is 0.180. The minimum Gasteiger partial charge on any atom is -0.396 e. The molecule has 0 fully saturated rings. The smallest absolute Gasteiger partial charge is 0.138 e. The summed E-state index contributed by atoms with van der Waals surface area (Å²) in [5.41, 5.74) is 3.91. The first-order valence-corrected chi connectivity index (χ1v) is 9.26. The van der Waals surface area contributed by atoms with Gasteiger partial charge >= 0.3 is 0 Å². The Balaban J connectivity index is 1.80. The first kappa shape index (κ1) is 19.8. The standard InChI is InChI=1S/C23H24N2O3/c1-17(28)23-24-13-14-25(23)22(12-15-26)11-6-18-2-7-20(8-3-18)21-9-4-19(16-27)5-10-21/h2-5,7-10,13-14,17,22,26-28H,12,15-16H2,1H3/t17-,22-/m0/s1. The van der Waals surface area contributed by atoms with Crippen molar-refractivity contribution < 1.29 is 15.3 Å². The summed E-state index contributed by atoms with van der Waals surface area (Å²) >= 11 is 0. The van der Waals surface area contributed by atoms with E-state index in [4.69, 9.17) is 5.11 Å². The molecule has 1 heterocycles. The molecule has 0 radical (unpaired) electrons. The molecular weight excluding hydrogens is 352 g/mol. The van der Waals surface area contributed by atoms with Crippen LogP contribution in [-0.4, -0.2) is 31.5 Å². The zero-order chi connectivity index (χ0) is 19.9. The lowest BCUT2D eigenvalue weighted by Crippen LogP contribution is -2.13. The third-order valence-corrected chi connectivity index (χ3v) is 4.55. The van der Waals surface area contributed by atoms with E-state index in [0.717, 1.165) is 22.3 Å². The van der Waals surface area contributed by atoms with Crippen molar-refractivity contribution in [3.8, 4) is 23.0 Å². The summed E-state index contributed by atoms with van der Waals surface area (Å²) in [4.78, 5) is 4.18. The SMILES string of the molecule is C[C@H](O)c1nccn1[C@@H](C#Cc1ccc(-c2ccc(CO)cc2)cc1)CCO. The molecular formula is C23H24N2O3. The Morgan fingerprint density at radius 2 is 1.64 bits per heavy atom. The molecule has 0 bridgehead atoms. The molecule has 0 saturated heterocycles. The van der Waals surface area contributed by atoms with Gasteiger partial charge in [0.25, 0.3) is 0 Å². The molecule has 5 heteroatoms. The van der Waals surface area contributed by atoms with Gasteiger partial charge in [-0.2, -0.15) is 0 Å². The summed E-state index contributed by atoms with van der Waals surface area (Å²) in [6.07, 6.45) is 3.16. The summed E-state index contributed by atoms with van der Waals surface area (Å²) in [6.45, 7) is 1.70. The molecule has 3 rings (SSSR count). The molecule has 0 aliphatic rings. The molecule has 1 aromatic heterocycles. The van der Waals surface area contributed by atoms with E-state index in [0.29, 0.717) is 12.2 Å². The lowest BCUT2D eigenvalue weighted by atomic mass is 10.0. The van der Waals surface area contributed by atoms with Gasteiger partial charge in [-0.15, -0.1) is 0 Å². The maximum Gasteiger partial charge on any atom is 0.138 e. The van der Waals surface area contributed by atoms with Crippen molar-refractivity contribution in [2.45, 2.75) is 32.1 Å². The third-order valence-electron chi connectivity index (χ3n) is 4.55. The molecule has 0 spiro atoms. The average Bonchev–Trinajstić information content (AvgIpc) is 3.22. The number of nitrogens with zero attached hydrogens (tertiary/aromatic N) is 2. The molecule has 144 valence electrons. The van der Waals surface area contributed by atoms with Gasteiger partial charge in [-0.3, -0.25) is 0 Å². The lowest BCUT2D eigenvalue weighted by Gasteiger charge is -2.15. The Hall–Kier alpha value is -2.91. The molecule has 28 heavy (non-hydrogen) atoms. The highest BCUT2D eigenvalue weighted by Crippen LogP contribution is 2.21. The van der Waals surface area contributed by atoms with E-state index in [-0.39, 0.29) is 19.3 Å². The van der Waals surface area contributed by atoms with Crippen molar-refractivity contribution in [2.24, 2.45) is 0 Å². The largest absolute Gasteiger partial charge is 0.396 e. The van der Waals surface area contributed by atoms with Gasteiger partial charge in [-0.25, -0.2) is 4.98 Å². The predicted molar refractivity (Wildman–Crippen MR) is 108 cm³/mol. The van der Waals surface area contributed by atoms with E-state index in [9.17, 15) is 10.2 Å². The topological polar surface area (TPSA) is 78.5 Å². The van der Waals surface area contributed by atoms with Crippen LogP contribution in [0.4, 0.5) is 0 Å². The van der Waals surface area contributed by atoms with Crippen LogP contribution in [0, 0.1) is 11.8 Å². The Kier molecular flexibility index (Phi) is 6.62. The van der Waals surface area contributed by atoms with E-state index in [1.807, 2.05) is 53.1 Å². The van der Waals surface area contributed by atoms with E-state index < -0.39 is 6.10 Å². The van der Waals surface area contributed by atoms with Crippen LogP contribution < -0.4 is 0 Å². The van der Waals surface area contributed by atoms with Gasteiger partial charge in [0.2, 0.25) is 0 Å². The van der Waals surface area contributed by atoms with E-state index in [1.54, 1.807) is 19.3 Å². The number of imidazole rings is 1. The molecule has 3 aromatic rings. The van der Waals surface area contributed by atoms with Gasteiger partial charge < -0.3 is 19.9 Å². The van der Waals surface area contributed by atoms with Crippen molar-refractivity contribution in [2.75, 3.05) is 6.61 Å². The molecule has 0 unspecified atom stereocenters. The van der Waals surface area contributed by atoms with Crippen LogP contribution in [0.15, 0.2) is 60.9 Å². The summed E-state index contributed by atoms with van der Waals surface area (Å²) in [5.74, 6) is 6.88. The number of benzene rings is 2. The molecule has 0 amide bonds. The summed E-state index contributed by atoms with van der Waals surface area (Å²) in [7, 11) is 0. The van der Waals surface area contributed by atoms with Crippen molar-refractivity contribution >= 4 is 0 Å². The maximum absolute atomic E-state index is 9.86. The van der Waals surface area contributed by atoms with Gasteiger partial charge in [0.15, 0.2) is 0 Å². The molecule has 5 nitrogen and oxygen atoms in total. The predicted octanol–water partition coefficient (Wildman–Crippen LogP) is 3.07. The van der Waals surface area contributed by atoms with Gasteiger partial charge in [0.1, 0.15) is 11.9 Å². The quantitative estimate of drug-likeness (QED) is 0.578. The summed E-state index contributed by atoms with van der Waals surface area (Å²) in [5, 5.41) is 28.4. The Morgan fingerprint density at radius 3 is 2.21 bits per heavy atom. The maximum atomic E-state index is 9.86. The summed E-state index contributed by atoms with van der Waals surface area (Å²) < 4.78 is 1.81. The Morgan fingerprint density at radius 1 is 1.00 bits per heavy atom. The van der Waals surface area contributed by atoms with Crippen LogP contribution in [0.3, 0.4) is 0 Å². The van der Waals surface area contributed by atoms with Crippen LogP contribution in [0.2, 0.25) is 0 Å². The van der Waals surface area contributed by atoms with Crippen molar-refractivity contribution in [1.29, 1.82) is 0 Å². The average molecular weight is 376 g/mol. The molecule has 2 atom stereocenters. The van der Waals surface area contributed by atoms with Crippen molar-refractivity contribution in [3.05, 3.63) is 77.9 Å². The fourth-order valence-electron chi connectivity index (χ4n) is 3.03. The zero-order valence-electron chi connectivity index (χ0n) is 15.8. The van der Waals surface area contributed by atoms with Crippen molar-refractivity contribution in [3.63, 3.8) is 0 Å². The minimum atomic E-state index is -0.700. The second kappa shape index (κ2) is 9.34. The molecule has 2 aromatic carbocycles. The third kappa shape index (κ3) is 4.68. The highest BCUT2D eigenvalue weighted by molar-refractivity contribution is 5.64. The minimum absolute atomic E-state index is 0.000447. The first-order chi connectivity index (χ1) is 13.6. The van der Waals surface area contributed by atoms with E-state index in [2.05, 4.69) is 16.8 Å². The van der Waals surface area contributed by atoms with Gasteiger partial charge in [-0.1, -0.05) is 48.2 Å². The Labute approximate surface area is 164 Å². The van der Waals surface area contributed by atoms with Crippen molar-refractivity contribution in [1.82, 2.24) is 9.55 Å². The van der Waals surface area contributed by atoms with E-state index >= 15 is 0 Å². The molecule has 0 aliphatic carbocycles. The van der Waals surface area contributed by atoms with Gasteiger partial charge in [0, 0.05) is 31.0 Å². The second-order valence-corrected chi connectivity index (χ2v) is 6.60. The van der Waals surface area contributed by atoms with Crippen LogP contribution in [-0.2, 0) is 6.61 Å². The molecule has 0 saturated carbocycles. The normalized spacial score (nSPS) is 12.9. The first-order valence-electron chi connectivity index (χ1n) is 9.26. The Bertz CT molecular complexity index is 948. The van der Waals surface area contributed by atoms with Crippen LogP contribution in [0.5, 0.6) is 0 Å². The number of hydrogen-bond donors (Lipinski definition) is 3. The monoisotopic (exact) mass is 376 g/mol. The number of aromatic nitrogens is 2. The van der Waals surface area contributed by atoms with Crippen LogP contribution >= 0.6 is 0 Å². The second-order valence-electron chi connectivity index (χ2n) is 6.60. The molecule has 0 aliphatic heterocycles. The fourth-order valence-corrected chi connectivity index (χ4v) is 3.03. The molecule has 3 N–H and O–H groups in total. The van der Waals surface area contributed by atoms with Crippen LogP contribution in [0.1, 0.15) is 42.4 Å². The number of aliphatic hydroxyl groups is 3. The zero-order valence-corrected chi connectivity index (χ0v) is 15.8.